The van der Waals surface area contributed by atoms with Crippen molar-refractivity contribution in [3.63, 3.8) is 0 Å². The van der Waals surface area contributed by atoms with Crippen molar-refractivity contribution in [3.05, 3.63) is 11.7 Å². The number of piperidine rings is 2. The van der Waals surface area contributed by atoms with Gasteiger partial charge in [-0.25, -0.2) is 0 Å². The molecule has 3 heterocycles. The molecular formula is C16H28N4O. The third kappa shape index (κ3) is 3.64. The third-order valence-corrected chi connectivity index (χ3v) is 4.96. The molecule has 2 saturated heterocycles. The van der Waals surface area contributed by atoms with Crippen molar-refractivity contribution in [1.82, 2.24) is 20.4 Å². The molecule has 1 N–H and O–H groups in total. The fourth-order valence-corrected chi connectivity index (χ4v) is 4.03. The number of aromatic nitrogens is 2. The monoisotopic (exact) mass is 292 g/mol. The van der Waals surface area contributed by atoms with Crippen molar-refractivity contribution in [2.75, 3.05) is 13.1 Å². The molecule has 2 aliphatic rings. The smallest absolute Gasteiger partial charge is 0.227 e. The predicted octanol–water partition coefficient (Wildman–Crippen LogP) is 2.31. The maximum Gasteiger partial charge on any atom is 0.227 e. The zero-order valence-corrected chi connectivity index (χ0v) is 13.3. The second-order valence-electron chi connectivity index (χ2n) is 6.58. The van der Waals surface area contributed by atoms with E-state index in [0.717, 1.165) is 49.4 Å². The van der Waals surface area contributed by atoms with Crippen LogP contribution in [0.2, 0.25) is 0 Å². The number of nitrogens with zero attached hydrogens (tertiary/aromatic N) is 3. The van der Waals surface area contributed by atoms with Gasteiger partial charge in [0, 0.05) is 31.1 Å². The zero-order valence-electron chi connectivity index (χ0n) is 13.3. The van der Waals surface area contributed by atoms with E-state index in [1.165, 1.54) is 38.5 Å². The van der Waals surface area contributed by atoms with Crippen LogP contribution in [0.3, 0.4) is 0 Å². The lowest BCUT2D eigenvalue weighted by atomic mass is 9.81. The average molecular weight is 292 g/mol. The van der Waals surface area contributed by atoms with Crippen LogP contribution in [0.1, 0.15) is 57.2 Å². The summed E-state index contributed by atoms with van der Waals surface area (Å²) in [4.78, 5) is 7.04. The van der Waals surface area contributed by atoms with E-state index in [-0.39, 0.29) is 0 Å². The molecule has 3 rings (SSSR count). The summed E-state index contributed by atoms with van der Waals surface area (Å²) in [6, 6.07) is 2.22. The van der Waals surface area contributed by atoms with Gasteiger partial charge < -0.3 is 9.84 Å². The van der Waals surface area contributed by atoms with Crippen LogP contribution in [-0.4, -0.2) is 46.3 Å². The van der Waals surface area contributed by atoms with Gasteiger partial charge in [0.15, 0.2) is 5.82 Å². The standard InChI is InChI=1S/C16H28N4O/c1-3-8-17-13-10-14-5-4-6-15(11-13)20(14)9-7-16-18-12(2)19-21-16/h13-15,17H,3-11H2,1-2H3. The van der Waals surface area contributed by atoms with Crippen LogP contribution in [-0.2, 0) is 6.42 Å². The van der Waals surface area contributed by atoms with Gasteiger partial charge in [-0.15, -0.1) is 0 Å². The first-order valence-electron chi connectivity index (χ1n) is 8.54. The highest BCUT2D eigenvalue weighted by Crippen LogP contribution is 2.34. The van der Waals surface area contributed by atoms with Crippen LogP contribution in [0.25, 0.3) is 0 Å². The minimum atomic E-state index is 0.724. The summed E-state index contributed by atoms with van der Waals surface area (Å²) in [5.74, 6) is 1.53. The van der Waals surface area contributed by atoms with E-state index in [4.69, 9.17) is 4.52 Å². The fraction of sp³-hybridized carbons (Fsp3) is 0.875. The molecule has 5 nitrogen and oxygen atoms in total. The van der Waals surface area contributed by atoms with Gasteiger partial charge in [0.2, 0.25) is 5.89 Å². The lowest BCUT2D eigenvalue weighted by Crippen LogP contribution is -2.56. The number of hydrogen-bond acceptors (Lipinski definition) is 5. The SMILES string of the molecule is CCCNC1CC2CCCC(C1)N2CCc1nc(C)no1. The second kappa shape index (κ2) is 6.88. The Balaban J connectivity index is 1.56. The van der Waals surface area contributed by atoms with Crippen molar-refractivity contribution < 1.29 is 4.52 Å². The highest BCUT2D eigenvalue weighted by molar-refractivity contribution is 4.96. The van der Waals surface area contributed by atoms with E-state index >= 15 is 0 Å². The molecule has 0 amide bonds. The molecule has 5 heteroatoms. The first-order valence-corrected chi connectivity index (χ1v) is 8.54. The fourth-order valence-electron chi connectivity index (χ4n) is 4.03. The molecule has 0 saturated carbocycles. The summed E-state index contributed by atoms with van der Waals surface area (Å²) in [5.41, 5.74) is 0. The molecule has 2 fully saturated rings. The van der Waals surface area contributed by atoms with Gasteiger partial charge >= 0.3 is 0 Å². The Morgan fingerprint density at radius 2 is 2.05 bits per heavy atom. The van der Waals surface area contributed by atoms with Gasteiger partial charge in [-0.1, -0.05) is 18.5 Å². The summed E-state index contributed by atoms with van der Waals surface area (Å²) in [6.45, 7) is 6.35. The molecule has 0 aromatic carbocycles. The third-order valence-electron chi connectivity index (χ3n) is 4.96. The first-order chi connectivity index (χ1) is 10.3. The van der Waals surface area contributed by atoms with E-state index in [9.17, 15) is 0 Å². The minimum absolute atomic E-state index is 0.724. The predicted molar refractivity (Wildman–Crippen MR) is 82.2 cm³/mol. The highest BCUT2D eigenvalue weighted by atomic mass is 16.5. The van der Waals surface area contributed by atoms with E-state index in [2.05, 4.69) is 27.3 Å². The van der Waals surface area contributed by atoms with E-state index in [0.29, 0.717) is 0 Å². The number of nitrogens with one attached hydrogen (secondary N) is 1. The van der Waals surface area contributed by atoms with Crippen LogP contribution in [0.5, 0.6) is 0 Å². The van der Waals surface area contributed by atoms with Gasteiger partial charge in [-0.05, 0) is 45.6 Å². The maximum atomic E-state index is 5.25. The largest absolute Gasteiger partial charge is 0.339 e. The molecule has 0 spiro atoms. The molecule has 2 unspecified atom stereocenters. The molecule has 0 radical (unpaired) electrons. The van der Waals surface area contributed by atoms with Gasteiger partial charge in [0.1, 0.15) is 0 Å². The Kier molecular flexibility index (Phi) is 4.91. The number of fused-ring (bicyclic) bond motifs is 2. The highest BCUT2D eigenvalue weighted by Gasteiger charge is 2.37. The molecule has 21 heavy (non-hydrogen) atoms. The normalized spacial score (nSPS) is 29.7. The number of aryl methyl sites for hydroxylation is 1. The van der Waals surface area contributed by atoms with E-state index < -0.39 is 0 Å². The van der Waals surface area contributed by atoms with Gasteiger partial charge in [-0.2, -0.15) is 4.98 Å². The molecular weight excluding hydrogens is 264 g/mol. The zero-order chi connectivity index (χ0) is 14.7. The van der Waals surface area contributed by atoms with Crippen LogP contribution >= 0.6 is 0 Å². The quantitative estimate of drug-likeness (QED) is 0.872. The lowest BCUT2D eigenvalue weighted by molar-refractivity contribution is 0.0242. The molecule has 2 aliphatic heterocycles. The molecule has 0 aliphatic carbocycles. The summed E-state index contributed by atoms with van der Waals surface area (Å²) < 4.78 is 5.25. The maximum absolute atomic E-state index is 5.25. The Hall–Kier alpha value is -0.940. The van der Waals surface area contributed by atoms with Crippen LogP contribution in [0.4, 0.5) is 0 Å². The Bertz CT molecular complexity index is 433. The average Bonchev–Trinajstić information content (AvgIpc) is 2.88. The molecule has 2 bridgehead atoms. The molecule has 2 atom stereocenters. The van der Waals surface area contributed by atoms with Crippen molar-refractivity contribution in [1.29, 1.82) is 0 Å². The van der Waals surface area contributed by atoms with Gasteiger partial charge in [-0.3, -0.25) is 4.90 Å². The Morgan fingerprint density at radius 1 is 1.29 bits per heavy atom. The van der Waals surface area contributed by atoms with Gasteiger partial charge in [0.05, 0.1) is 0 Å². The summed E-state index contributed by atoms with van der Waals surface area (Å²) in [7, 11) is 0. The van der Waals surface area contributed by atoms with E-state index in [1.54, 1.807) is 0 Å². The van der Waals surface area contributed by atoms with Crippen LogP contribution in [0, 0.1) is 6.92 Å². The number of rotatable bonds is 6. The number of hydrogen-bond donors (Lipinski definition) is 1. The minimum Gasteiger partial charge on any atom is -0.339 e. The Morgan fingerprint density at radius 3 is 2.67 bits per heavy atom. The van der Waals surface area contributed by atoms with Crippen LogP contribution in [0.15, 0.2) is 4.52 Å². The van der Waals surface area contributed by atoms with Crippen molar-refractivity contribution in [2.45, 2.75) is 76.9 Å². The molecule has 118 valence electrons. The summed E-state index contributed by atoms with van der Waals surface area (Å²) >= 11 is 0. The lowest BCUT2D eigenvalue weighted by Gasteiger charge is -2.49. The summed E-state index contributed by atoms with van der Waals surface area (Å²) in [6.07, 6.45) is 8.82. The topological polar surface area (TPSA) is 54.2 Å². The van der Waals surface area contributed by atoms with Crippen molar-refractivity contribution in [2.24, 2.45) is 0 Å². The summed E-state index contributed by atoms with van der Waals surface area (Å²) in [5, 5.41) is 7.61. The van der Waals surface area contributed by atoms with Crippen molar-refractivity contribution in [3.8, 4) is 0 Å². The van der Waals surface area contributed by atoms with Crippen LogP contribution < -0.4 is 5.32 Å². The molecule has 1 aromatic rings. The van der Waals surface area contributed by atoms with Crippen molar-refractivity contribution >= 4 is 0 Å². The van der Waals surface area contributed by atoms with E-state index in [1.807, 2.05) is 6.92 Å². The first kappa shape index (κ1) is 15.0. The van der Waals surface area contributed by atoms with Gasteiger partial charge in [0.25, 0.3) is 0 Å². The Labute approximate surface area is 127 Å². The molecule has 1 aromatic heterocycles. The second-order valence-corrected chi connectivity index (χ2v) is 6.58.